The van der Waals surface area contributed by atoms with Gasteiger partial charge >= 0.3 is 0 Å². The van der Waals surface area contributed by atoms with Crippen molar-refractivity contribution >= 4 is 15.9 Å². The Morgan fingerprint density at radius 1 is 1.44 bits per heavy atom. The van der Waals surface area contributed by atoms with Crippen LogP contribution in [0.15, 0.2) is 18.2 Å². The molecule has 1 rings (SSSR count). The summed E-state index contributed by atoms with van der Waals surface area (Å²) >= 11 is 0. The minimum Gasteiger partial charge on any atom is -0.352 e. The number of sulfonamides is 1. The molecule has 100 valence electrons. The number of hydrogen-bond donors (Lipinski definition) is 2. The van der Waals surface area contributed by atoms with Crippen LogP contribution in [0.4, 0.5) is 4.39 Å². The van der Waals surface area contributed by atoms with Crippen LogP contribution in [-0.4, -0.2) is 26.6 Å². The molecule has 5 nitrogen and oxygen atoms in total. The van der Waals surface area contributed by atoms with Crippen molar-refractivity contribution < 1.29 is 17.6 Å². The maximum absolute atomic E-state index is 13.2. The standard InChI is InChI=1S/C11H15FN2O3S/c1-8-3-4-9(7-10(8)12)11(15)14-5-2-6-18(13,16)17/h3-4,7H,2,5-6H2,1H3,(H,14,15)(H2,13,16,17). The molecule has 0 atom stereocenters. The van der Waals surface area contributed by atoms with Crippen LogP contribution in [-0.2, 0) is 10.0 Å². The van der Waals surface area contributed by atoms with E-state index in [0.717, 1.165) is 6.07 Å². The van der Waals surface area contributed by atoms with Crippen LogP contribution in [0.1, 0.15) is 22.3 Å². The van der Waals surface area contributed by atoms with E-state index in [1.54, 1.807) is 6.92 Å². The number of carbonyl (C=O) groups excluding carboxylic acids is 1. The van der Waals surface area contributed by atoms with Gasteiger partial charge in [-0.15, -0.1) is 0 Å². The van der Waals surface area contributed by atoms with Gasteiger partial charge in [-0.05, 0) is 31.0 Å². The highest BCUT2D eigenvalue weighted by Crippen LogP contribution is 2.08. The van der Waals surface area contributed by atoms with Crippen LogP contribution >= 0.6 is 0 Å². The van der Waals surface area contributed by atoms with E-state index in [4.69, 9.17) is 5.14 Å². The van der Waals surface area contributed by atoms with Crippen molar-refractivity contribution in [2.45, 2.75) is 13.3 Å². The molecule has 0 aromatic heterocycles. The number of aryl methyl sites for hydroxylation is 1. The number of amides is 1. The van der Waals surface area contributed by atoms with Crippen molar-refractivity contribution in [3.63, 3.8) is 0 Å². The fourth-order valence-corrected chi connectivity index (χ4v) is 1.86. The average Bonchev–Trinajstić information content (AvgIpc) is 2.26. The fourth-order valence-electron chi connectivity index (χ4n) is 1.31. The lowest BCUT2D eigenvalue weighted by Gasteiger charge is -2.05. The topological polar surface area (TPSA) is 89.3 Å². The van der Waals surface area contributed by atoms with E-state index in [1.165, 1.54) is 12.1 Å². The van der Waals surface area contributed by atoms with Gasteiger partial charge < -0.3 is 5.32 Å². The molecule has 0 radical (unpaired) electrons. The highest BCUT2D eigenvalue weighted by molar-refractivity contribution is 7.89. The largest absolute Gasteiger partial charge is 0.352 e. The molecule has 1 aromatic carbocycles. The summed E-state index contributed by atoms with van der Waals surface area (Å²) < 4.78 is 34.5. The fraction of sp³-hybridized carbons (Fsp3) is 0.364. The van der Waals surface area contributed by atoms with E-state index < -0.39 is 21.7 Å². The van der Waals surface area contributed by atoms with Crippen molar-refractivity contribution in [2.75, 3.05) is 12.3 Å². The normalized spacial score (nSPS) is 11.3. The maximum Gasteiger partial charge on any atom is 0.251 e. The molecule has 0 aliphatic rings. The smallest absolute Gasteiger partial charge is 0.251 e. The molecule has 0 heterocycles. The minimum absolute atomic E-state index is 0.171. The number of carbonyl (C=O) groups is 1. The molecule has 0 fully saturated rings. The molecule has 7 heteroatoms. The number of halogens is 1. The average molecular weight is 274 g/mol. The third kappa shape index (κ3) is 4.80. The molecule has 0 saturated carbocycles. The van der Waals surface area contributed by atoms with Gasteiger partial charge in [0.05, 0.1) is 5.75 Å². The second-order valence-electron chi connectivity index (χ2n) is 3.94. The molecule has 0 bridgehead atoms. The number of hydrogen-bond acceptors (Lipinski definition) is 3. The van der Waals surface area contributed by atoms with Crippen LogP contribution in [0, 0.1) is 12.7 Å². The second-order valence-corrected chi connectivity index (χ2v) is 5.67. The van der Waals surface area contributed by atoms with Gasteiger partial charge in [0.25, 0.3) is 5.91 Å². The molecule has 1 aromatic rings. The molecule has 18 heavy (non-hydrogen) atoms. The van der Waals surface area contributed by atoms with Crippen LogP contribution < -0.4 is 10.5 Å². The summed E-state index contributed by atoms with van der Waals surface area (Å²) in [6.07, 6.45) is 0.221. The van der Waals surface area contributed by atoms with Crippen LogP contribution in [0.2, 0.25) is 0 Å². The molecular weight excluding hydrogens is 259 g/mol. The van der Waals surface area contributed by atoms with Gasteiger partial charge in [0, 0.05) is 12.1 Å². The van der Waals surface area contributed by atoms with Crippen LogP contribution in [0.25, 0.3) is 0 Å². The number of benzene rings is 1. The second kappa shape index (κ2) is 5.92. The molecule has 0 aliphatic carbocycles. The first-order valence-electron chi connectivity index (χ1n) is 5.34. The number of nitrogens with one attached hydrogen (secondary N) is 1. The lowest BCUT2D eigenvalue weighted by Crippen LogP contribution is -2.27. The van der Waals surface area contributed by atoms with Crippen LogP contribution in [0.3, 0.4) is 0 Å². The summed E-state index contributed by atoms with van der Waals surface area (Å²) in [5.41, 5.74) is 0.662. The van der Waals surface area contributed by atoms with Gasteiger partial charge in [-0.25, -0.2) is 17.9 Å². The summed E-state index contributed by atoms with van der Waals surface area (Å²) in [6.45, 7) is 1.77. The molecular formula is C11H15FN2O3S. The molecule has 0 aliphatic heterocycles. The number of nitrogens with two attached hydrogens (primary N) is 1. The van der Waals surface area contributed by atoms with Crippen LogP contribution in [0.5, 0.6) is 0 Å². The van der Waals surface area contributed by atoms with Crippen molar-refractivity contribution in [1.82, 2.24) is 5.32 Å². The van der Waals surface area contributed by atoms with Gasteiger partial charge in [-0.2, -0.15) is 0 Å². The lowest BCUT2D eigenvalue weighted by atomic mass is 10.1. The van der Waals surface area contributed by atoms with Gasteiger partial charge in [-0.1, -0.05) is 6.07 Å². The Morgan fingerprint density at radius 2 is 2.11 bits per heavy atom. The first kappa shape index (κ1) is 14.6. The predicted octanol–water partition coefficient (Wildman–Crippen LogP) is 0.543. The molecule has 3 N–H and O–H groups in total. The highest BCUT2D eigenvalue weighted by Gasteiger charge is 2.08. The van der Waals surface area contributed by atoms with E-state index >= 15 is 0 Å². The number of primary sulfonamides is 1. The Hall–Kier alpha value is -1.47. The van der Waals surface area contributed by atoms with E-state index in [2.05, 4.69) is 5.32 Å². The van der Waals surface area contributed by atoms with Gasteiger partial charge in [0.2, 0.25) is 10.0 Å². The summed E-state index contributed by atoms with van der Waals surface area (Å²) in [7, 11) is -3.51. The van der Waals surface area contributed by atoms with Crippen molar-refractivity contribution in [2.24, 2.45) is 5.14 Å². The zero-order valence-electron chi connectivity index (χ0n) is 9.94. The summed E-state index contributed by atoms with van der Waals surface area (Å²) in [4.78, 5) is 11.6. The summed E-state index contributed by atoms with van der Waals surface area (Å²) in [5.74, 6) is -1.09. The lowest BCUT2D eigenvalue weighted by molar-refractivity contribution is 0.0953. The molecule has 1 amide bonds. The monoisotopic (exact) mass is 274 g/mol. The Kier molecular flexibility index (Phi) is 4.80. The quantitative estimate of drug-likeness (QED) is 0.768. The third-order valence-corrected chi connectivity index (χ3v) is 3.18. The molecule has 0 spiro atoms. The Balaban J connectivity index is 2.48. The van der Waals surface area contributed by atoms with Crippen molar-refractivity contribution in [1.29, 1.82) is 0 Å². The summed E-state index contributed by atoms with van der Waals surface area (Å²) in [6, 6.07) is 4.16. The molecule has 0 unspecified atom stereocenters. The van der Waals surface area contributed by atoms with Gasteiger partial charge in [0.15, 0.2) is 0 Å². The van der Waals surface area contributed by atoms with E-state index in [0.29, 0.717) is 5.56 Å². The van der Waals surface area contributed by atoms with Gasteiger partial charge in [0.1, 0.15) is 5.82 Å². The minimum atomic E-state index is -3.51. The number of rotatable bonds is 5. The van der Waals surface area contributed by atoms with Crippen molar-refractivity contribution in [3.8, 4) is 0 Å². The van der Waals surface area contributed by atoms with E-state index in [-0.39, 0.29) is 24.3 Å². The first-order chi connectivity index (χ1) is 8.29. The van der Waals surface area contributed by atoms with E-state index in [9.17, 15) is 17.6 Å². The van der Waals surface area contributed by atoms with Gasteiger partial charge in [-0.3, -0.25) is 4.79 Å². The SMILES string of the molecule is Cc1ccc(C(=O)NCCCS(N)(=O)=O)cc1F. The summed E-state index contributed by atoms with van der Waals surface area (Å²) in [5, 5.41) is 7.30. The Bertz CT molecular complexity index is 543. The maximum atomic E-state index is 13.2. The predicted molar refractivity (Wildman–Crippen MR) is 66.1 cm³/mol. The molecule has 0 saturated heterocycles. The zero-order chi connectivity index (χ0) is 13.8. The highest BCUT2D eigenvalue weighted by atomic mass is 32.2. The third-order valence-electron chi connectivity index (χ3n) is 2.33. The van der Waals surface area contributed by atoms with E-state index in [1.807, 2.05) is 0 Å². The Labute approximate surface area is 105 Å². The van der Waals surface area contributed by atoms with Crippen molar-refractivity contribution in [3.05, 3.63) is 35.1 Å². The first-order valence-corrected chi connectivity index (χ1v) is 7.06. The zero-order valence-corrected chi connectivity index (χ0v) is 10.8. The Morgan fingerprint density at radius 3 is 2.67 bits per heavy atom.